The second-order valence-electron chi connectivity index (χ2n) is 9.73. The number of halogens is 2. The zero-order chi connectivity index (χ0) is 30.3. The molecule has 0 fully saturated rings. The third-order valence-corrected chi connectivity index (χ3v) is 9.04. The monoisotopic (exact) mass is 623 g/mol. The Bertz CT molecular complexity index is 1650. The molecule has 4 aromatic carbocycles. The number of carbonyl (C=O) groups is 2. The highest BCUT2D eigenvalue weighted by atomic mass is 35.5. The van der Waals surface area contributed by atoms with Crippen LogP contribution in [-0.4, -0.2) is 44.8 Å². The fourth-order valence-corrected chi connectivity index (χ4v) is 6.62. The number of carbonyl (C=O) groups excluding carboxylic acids is 2. The Hall–Kier alpha value is -3.85. The molecule has 42 heavy (non-hydrogen) atoms. The Morgan fingerprint density at radius 1 is 0.810 bits per heavy atom. The summed E-state index contributed by atoms with van der Waals surface area (Å²) in [5.74, 6) is -0.942. The molecule has 4 aromatic rings. The minimum Gasteiger partial charge on any atom is -0.357 e. The summed E-state index contributed by atoms with van der Waals surface area (Å²) in [7, 11) is -2.68. The number of likely N-dealkylation sites (N-methyl/N-ethyl adjacent to an activating group) is 1. The van der Waals surface area contributed by atoms with Gasteiger partial charge in [-0.05, 0) is 66.1 Å². The molecular weight excluding hydrogens is 593 g/mol. The van der Waals surface area contributed by atoms with E-state index in [9.17, 15) is 18.0 Å². The molecule has 7 nitrogen and oxygen atoms in total. The first-order valence-electron chi connectivity index (χ1n) is 13.2. The predicted octanol–water partition coefficient (Wildman–Crippen LogP) is 5.88. The molecule has 1 N–H and O–H groups in total. The maximum absolute atomic E-state index is 14.3. The van der Waals surface area contributed by atoms with E-state index in [1.807, 2.05) is 30.3 Å². The van der Waals surface area contributed by atoms with E-state index in [0.717, 1.165) is 9.87 Å². The number of aryl methyl sites for hydroxylation is 1. The van der Waals surface area contributed by atoms with E-state index < -0.39 is 28.5 Å². The van der Waals surface area contributed by atoms with Crippen molar-refractivity contribution in [2.24, 2.45) is 0 Å². The standard InChI is InChI=1S/C32H31Cl2N3O4S/c1-23-18-27(34)16-17-29(23)37(42(40,41)28-14-7-4-8-15-28)22-31(38)36(21-25-12-9-13-26(33)19-25)30(32(39)35-2)20-24-10-5-3-6-11-24/h3-19,30H,20-22H2,1-2H3,(H,35,39). The summed E-state index contributed by atoms with van der Waals surface area (Å²) >= 11 is 12.4. The van der Waals surface area contributed by atoms with Crippen molar-refractivity contribution in [3.05, 3.63) is 130 Å². The van der Waals surface area contributed by atoms with Crippen molar-refractivity contribution in [1.29, 1.82) is 0 Å². The van der Waals surface area contributed by atoms with E-state index >= 15 is 0 Å². The molecule has 2 amide bonds. The molecule has 0 aliphatic heterocycles. The zero-order valence-electron chi connectivity index (χ0n) is 23.2. The van der Waals surface area contributed by atoms with Crippen LogP contribution in [0, 0.1) is 6.92 Å². The highest BCUT2D eigenvalue weighted by molar-refractivity contribution is 7.92. The van der Waals surface area contributed by atoms with Crippen LogP contribution in [0.5, 0.6) is 0 Å². The van der Waals surface area contributed by atoms with Crippen molar-refractivity contribution < 1.29 is 18.0 Å². The lowest BCUT2D eigenvalue weighted by Gasteiger charge is -2.34. The number of hydrogen-bond donors (Lipinski definition) is 1. The van der Waals surface area contributed by atoms with Crippen molar-refractivity contribution >= 4 is 50.7 Å². The lowest BCUT2D eigenvalue weighted by Crippen LogP contribution is -2.53. The van der Waals surface area contributed by atoms with Crippen LogP contribution in [0.3, 0.4) is 0 Å². The number of hydrogen-bond acceptors (Lipinski definition) is 4. The van der Waals surface area contributed by atoms with Crippen molar-refractivity contribution in [1.82, 2.24) is 10.2 Å². The van der Waals surface area contributed by atoms with Crippen LogP contribution < -0.4 is 9.62 Å². The van der Waals surface area contributed by atoms with Crippen molar-refractivity contribution in [3.8, 4) is 0 Å². The van der Waals surface area contributed by atoms with Gasteiger partial charge in [0.25, 0.3) is 10.0 Å². The minimum atomic E-state index is -4.19. The fourth-order valence-electron chi connectivity index (χ4n) is 4.68. The van der Waals surface area contributed by atoms with Crippen LogP contribution in [0.2, 0.25) is 10.0 Å². The molecule has 0 aliphatic rings. The van der Waals surface area contributed by atoms with E-state index in [1.165, 1.54) is 24.1 Å². The molecule has 0 aromatic heterocycles. The minimum absolute atomic E-state index is 0.0284. The number of nitrogens with zero attached hydrogens (tertiary/aromatic N) is 2. The van der Waals surface area contributed by atoms with Gasteiger partial charge in [0.1, 0.15) is 12.6 Å². The van der Waals surface area contributed by atoms with Gasteiger partial charge in [-0.2, -0.15) is 0 Å². The van der Waals surface area contributed by atoms with Crippen molar-refractivity contribution in [2.75, 3.05) is 17.9 Å². The van der Waals surface area contributed by atoms with Gasteiger partial charge >= 0.3 is 0 Å². The van der Waals surface area contributed by atoms with Crippen molar-refractivity contribution in [3.63, 3.8) is 0 Å². The topological polar surface area (TPSA) is 86.8 Å². The molecule has 0 heterocycles. The van der Waals surface area contributed by atoms with E-state index in [4.69, 9.17) is 23.2 Å². The third-order valence-electron chi connectivity index (χ3n) is 6.80. The fraction of sp³-hybridized carbons (Fsp3) is 0.188. The van der Waals surface area contributed by atoms with Gasteiger partial charge < -0.3 is 10.2 Å². The molecule has 1 unspecified atom stereocenters. The SMILES string of the molecule is CNC(=O)C(Cc1ccccc1)N(Cc1cccc(Cl)c1)C(=O)CN(c1ccc(Cl)cc1C)S(=O)(=O)c1ccccc1. The zero-order valence-corrected chi connectivity index (χ0v) is 25.5. The number of rotatable bonds is 11. The van der Waals surface area contributed by atoms with Gasteiger partial charge in [0, 0.05) is 30.1 Å². The number of sulfonamides is 1. The molecule has 1 atom stereocenters. The quantitative estimate of drug-likeness (QED) is 0.226. The molecule has 10 heteroatoms. The average Bonchev–Trinajstić information content (AvgIpc) is 2.98. The highest BCUT2D eigenvalue weighted by Crippen LogP contribution is 2.29. The van der Waals surface area contributed by atoms with Crippen LogP contribution in [-0.2, 0) is 32.6 Å². The third kappa shape index (κ3) is 7.50. The summed E-state index contributed by atoms with van der Waals surface area (Å²) in [5.41, 5.74) is 2.41. The summed E-state index contributed by atoms with van der Waals surface area (Å²) in [4.78, 5) is 29.1. The summed E-state index contributed by atoms with van der Waals surface area (Å²) in [6.07, 6.45) is 0.220. The Morgan fingerprint density at radius 2 is 1.43 bits per heavy atom. The Kier molecular flexibility index (Phi) is 10.3. The number of benzene rings is 4. The lowest BCUT2D eigenvalue weighted by molar-refractivity contribution is -0.139. The Morgan fingerprint density at radius 3 is 2.05 bits per heavy atom. The van der Waals surface area contributed by atoms with Crippen LogP contribution in [0.4, 0.5) is 5.69 Å². The molecule has 4 rings (SSSR count). The van der Waals surface area contributed by atoms with Gasteiger partial charge in [-0.15, -0.1) is 0 Å². The molecule has 0 bridgehead atoms. The van der Waals surface area contributed by atoms with E-state index in [1.54, 1.807) is 67.6 Å². The second-order valence-corrected chi connectivity index (χ2v) is 12.5. The molecule has 0 saturated carbocycles. The van der Waals surface area contributed by atoms with E-state index in [-0.39, 0.29) is 23.8 Å². The maximum atomic E-state index is 14.3. The summed E-state index contributed by atoms with van der Waals surface area (Å²) in [5, 5.41) is 3.58. The molecule has 0 saturated heterocycles. The number of amides is 2. The second kappa shape index (κ2) is 13.9. The molecule has 0 aliphatic carbocycles. The highest BCUT2D eigenvalue weighted by Gasteiger charge is 2.34. The van der Waals surface area contributed by atoms with Crippen LogP contribution >= 0.6 is 23.2 Å². The molecule has 0 spiro atoms. The Balaban J connectivity index is 1.81. The molecule has 218 valence electrons. The maximum Gasteiger partial charge on any atom is 0.264 e. The number of anilines is 1. The largest absolute Gasteiger partial charge is 0.357 e. The average molecular weight is 625 g/mol. The summed E-state index contributed by atoms with van der Waals surface area (Å²) in [6, 6.07) is 28.1. The molecular formula is C32H31Cl2N3O4S. The van der Waals surface area contributed by atoms with Gasteiger partial charge in [-0.3, -0.25) is 13.9 Å². The van der Waals surface area contributed by atoms with Gasteiger partial charge in [0.15, 0.2) is 0 Å². The summed E-state index contributed by atoms with van der Waals surface area (Å²) < 4.78 is 29.1. The number of nitrogens with one attached hydrogen (secondary N) is 1. The first-order valence-corrected chi connectivity index (χ1v) is 15.4. The van der Waals surface area contributed by atoms with E-state index in [0.29, 0.717) is 26.9 Å². The van der Waals surface area contributed by atoms with E-state index in [2.05, 4.69) is 5.32 Å². The van der Waals surface area contributed by atoms with Gasteiger partial charge in [0.05, 0.1) is 10.6 Å². The van der Waals surface area contributed by atoms with Crippen LogP contribution in [0.25, 0.3) is 0 Å². The molecule has 0 radical (unpaired) electrons. The summed E-state index contributed by atoms with van der Waals surface area (Å²) in [6.45, 7) is 1.21. The normalized spacial score (nSPS) is 11.9. The van der Waals surface area contributed by atoms with Gasteiger partial charge in [0.2, 0.25) is 11.8 Å². The van der Waals surface area contributed by atoms with Crippen molar-refractivity contribution in [2.45, 2.75) is 30.8 Å². The van der Waals surface area contributed by atoms with Gasteiger partial charge in [-0.25, -0.2) is 8.42 Å². The van der Waals surface area contributed by atoms with Gasteiger partial charge in [-0.1, -0.05) is 83.9 Å². The predicted molar refractivity (Wildman–Crippen MR) is 167 cm³/mol. The van der Waals surface area contributed by atoms with Crippen LogP contribution in [0.15, 0.2) is 108 Å². The lowest BCUT2D eigenvalue weighted by atomic mass is 10.0. The van der Waals surface area contributed by atoms with Crippen LogP contribution in [0.1, 0.15) is 16.7 Å². The smallest absolute Gasteiger partial charge is 0.264 e. The first kappa shape index (κ1) is 31.1. The Labute approximate surface area is 256 Å². The first-order chi connectivity index (χ1) is 20.1.